The summed E-state index contributed by atoms with van der Waals surface area (Å²) in [6, 6.07) is 14.5. The third-order valence-electron chi connectivity index (χ3n) is 6.35. The van der Waals surface area contributed by atoms with E-state index in [1.54, 1.807) is 24.3 Å². The highest BCUT2D eigenvalue weighted by atomic mass is 16.5. The third-order valence-corrected chi connectivity index (χ3v) is 6.35. The third kappa shape index (κ3) is 14.1. The monoisotopic (exact) mass is 497 g/mol. The van der Waals surface area contributed by atoms with Gasteiger partial charge in [0.1, 0.15) is 11.5 Å². The van der Waals surface area contributed by atoms with Crippen LogP contribution in [0.2, 0.25) is 0 Å². The maximum absolute atomic E-state index is 12.1. The molecule has 0 atom stereocenters. The highest BCUT2D eigenvalue weighted by molar-refractivity contribution is 5.91. The van der Waals surface area contributed by atoms with Crippen molar-refractivity contribution in [2.75, 3.05) is 18.5 Å². The molecule has 2 rings (SSSR count). The Morgan fingerprint density at radius 2 is 1.25 bits per heavy atom. The van der Waals surface area contributed by atoms with E-state index in [9.17, 15) is 9.90 Å². The first-order valence-electron chi connectivity index (χ1n) is 14.1. The summed E-state index contributed by atoms with van der Waals surface area (Å²) in [6.45, 7) is 2.86. The number of ether oxygens (including phenoxy) is 2. The molecular weight excluding hydrogens is 450 g/mol. The van der Waals surface area contributed by atoms with Crippen molar-refractivity contribution in [1.29, 1.82) is 0 Å². The van der Waals surface area contributed by atoms with Gasteiger partial charge in [-0.1, -0.05) is 103 Å². The number of hydrogen-bond donors (Lipinski definition) is 2. The lowest BCUT2D eigenvalue weighted by atomic mass is 10.0. The number of hydrogen-bond acceptors (Lipinski definition) is 4. The molecule has 0 spiro atoms. The van der Waals surface area contributed by atoms with E-state index in [0.717, 1.165) is 24.3 Å². The lowest BCUT2D eigenvalue weighted by Gasteiger charge is -2.10. The predicted molar refractivity (Wildman–Crippen MR) is 149 cm³/mol. The Balaban J connectivity index is 1.44. The second-order valence-corrected chi connectivity index (χ2v) is 9.61. The maximum atomic E-state index is 12.1. The Bertz CT molecular complexity index is 822. The van der Waals surface area contributed by atoms with Crippen LogP contribution >= 0.6 is 0 Å². The van der Waals surface area contributed by atoms with Gasteiger partial charge in [-0.25, -0.2) is 0 Å². The molecule has 2 aromatic rings. The van der Waals surface area contributed by atoms with Crippen LogP contribution in [-0.4, -0.2) is 24.2 Å². The molecule has 5 heteroatoms. The molecule has 0 saturated heterocycles. The minimum absolute atomic E-state index is 0.0615. The van der Waals surface area contributed by atoms with Crippen LogP contribution in [0.3, 0.4) is 0 Å². The first-order chi connectivity index (χ1) is 17.7. The summed E-state index contributed by atoms with van der Waals surface area (Å²) in [7, 11) is 0. The fraction of sp³-hybridized carbons (Fsp3) is 0.581. The van der Waals surface area contributed by atoms with Crippen LogP contribution in [-0.2, 0) is 11.4 Å². The van der Waals surface area contributed by atoms with Crippen LogP contribution in [0.4, 0.5) is 5.69 Å². The first kappa shape index (κ1) is 29.7. The Labute approximate surface area is 218 Å². The standard InChI is InChI=1S/C31H47NO4/c1-2-3-4-5-6-7-8-9-10-11-12-13-14-15-23-35-29-19-21-30(22-20-29)36-26-31(34)32-28-18-16-17-27(24-28)25-33/h16-22,24,33H,2-15,23,25-26H2,1H3,(H,32,34). The Kier molecular flexibility index (Phi) is 16.2. The van der Waals surface area contributed by atoms with Crippen molar-refractivity contribution in [3.63, 3.8) is 0 Å². The lowest BCUT2D eigenvalue weighted by molar-refractivity contribution is -0.118. The summed E-state index contributed by atoms with van der Waals surface area (Å²) >= 11 is 0. The van der Waals surface area contributed by atoms with Crippen LogP contribution in [0.5, 0.6) is 11.5 Å². The maximum Gasteiger partial charge on any atom is 0.262 e. The number of nitrogens with one attached hydrogen (secondary N) is 1. The summed E-state index contributed by atoms with van der Waals surface area (Å²) in [5.41, 5.74) is 1.39. The van der Waals surface area contributed by atoms with E-state index < -0.39 is 0 Å². The lowest BCUT2D eigenvalue weighted by Crippen LogP contribution is -2.20. The molecule has 0 bridgehead atoms. The molecule has 1 amide bonds. The molecule has 0 radical (unpaired) electrons. The van der Waals surface area contributed by atoms with Gasteiger partial charge >= 0.3 is 0 Å². The van der Waals surface area contributed by atoms with Crippen molar-refractivity contribution in [2.45, 2.75) is 103 Å². The molecule has 0 aliphatic rings. The number of anilines is 1. The van der Waals surface area contributed by atoms with Gasteiger partial charge in [-0.3, -0.25) is 4.79 Å². The number of aliphatic hydroxyl groups excluding tert-OH is 1. The van der Waals surface area contributed by atoms with Crippen molar-refractivity contribution >= 4 is 11.6 Å². The summed E-state index contributed by atoms with van der Waals surface area (Å²) < 4.78 is 11.4. The van der Waals surface area contributed by atoms with E-state index >= 15 is 0 Å². The average Bonchev–Trinajstić information content (AvgIpc) is 2.90. The Morgan fingerprint density at radius 1 is 0.722 bits per heavy atom. The molecule has 0 aliphatic carbocycles. The van der Waals surface area contributed by atoms with Gasteiger partial charge in [-0.2, -0.15) is 0 Å². The molecular formula is C31H47NO4. The molecule has 2 aromatic carbocycles. The molecule has 36 heavy (non-hydrogen) atoms. The van der Waals surface area contributed by atoms with Gasteiger partial charge in [0.2, 0.25) is 0 Å². The van der Waals surface area contributed by atoms with Gasteiger partial charge < -0.3 is 19.9 Å². The Morgan fingerprint density at radius 3 is 1.81 bits per heavy atom. The predicted octanol–water partition coefficient (Wildman–Crippen LogP) is 8.06. The minimum atomic E-state index is -0.247. The zero-order valence-electron chi connectivity index (χ0n) is 22.3. The van der Waals surface area contributed by atoms with E-state index in [1.807, 2.05) is 24.3 Å². The second kappa shape index (κ2) is 19.6. The van der Waals surface area contributed by atoms with Crippen molar-refractivity contribution in [3.05, 3.63) is 54.1 Å². The van der Waals surface area contributed by atoms with Gasteiger partial charge in [0, 0.05) is 5.69 Å². The molecule has 0 unspecified atom stereocenters. The molecule has 0 aromatic heterocycles. The molecule has 0 saturated carbocycles. The number of amides is 1. The number of benzene rings is 2. The zero-order chi connectivity index (χ0) is 25.7. The van der Waals surface area contributed by atoms with E-state index in [-0.39, 0.29) is 19.1 Å². The summed E-state index contributed by atoms with van der Waals surface area (Å²) in [5, 5.41) is 12.0. The summed E-state index contributed by atoms with van der Waals surface area (Å²) in [5.74, 6) is 1.20. The van der Waals surface area contributed by atoms with Crippen LogP contribution in [0.1, 0.15) is 102 Å². The highest BCUT2D eigenvalue weighted by Crippen LogP contribution is 2.19. The average molecular weight is 498 g/mol. The van der Waals surface area contributed by atoms with Crippen LogP contribution in [0.15, 0.2) is 48.5 Å². The SMILES string of the molecule is CCCCCCCCCCCCCCCCOc1ccc(OCC(=O)Nc2cccc(CO)c2)cc1. The van der Waals surface area contributed by atoms with E-state index in [0.29, 0.717) is 11.4 Å². The van der Waals surface area contributed by atoms with E-state index in [1.165, 1.54) is 83.5 Å². The smallest absolute Gasteiger partial charge is 0.262 e. The largest absolute Gasteiger partial charge is 0.494 e. The van der Waals surface area contributed by atoms with Crippen LogP contribution < -0.4 is 14.8 Å². The second-order valence-electron chi connectivity index (χ2n) is 9.61. The van der Waals surface area contributed by atoms with Gasteiger partial charge in [0.05, 0.1) is 13.2 Å². The van der Waals surface area contributed by atoms with Crippen molar-refractivity contribution in [2.24, 2.45) is 0 Å². The van der Waals surface area contributed by atoms with Crippen LogP contribution in [0, 0.1) is 0 Å². The zero-order valence-corrected chi connectivity index (χ0v) is 22.3. The number of carbonyl (C=O) groups is 1. The normalized spacial score (nSPS) is 10.8. The topological polar surface area (TPSA) is 67.8 Å². The molecule has 0 aliphatic heterocycles. The quantitative estimate of drug-likeness (QED) is 0.171. The van der Waals surface area contributed by atoms with Gasteiger partial charge in [-0.05, 0) is 48.4 Å². The molecule has 2 N–H and O–H groups in total. The van der Waals surface area contributed by atoms with Crippen molar-refractivity contribution < 1.29 is 19.4 Å². The highest BCUT2D eigenvalue weighted by Gasteiger charge is 2.05. The number of aliphatic hydroxyl groups is 1. The van der Waals surface area contributed by atoms with Crippen LogP contribution in [0.25, 0.3) is 0 Å². The first-order valence-corrected chi connectivity index (χ1v) is 14.1. The van der Waals surface area contributed by atoms with Gasteiger partial charge in [0.25, 0.3) is 5.91 Å². The molecule has 5 nitrogen and oxygen atoms in total. The van der Waals surface area contributed by atoms with Crippen molar-refractivity contribution in [3.8, 4) is 11.5 Å². The van der Waals surface area contributed by atoms with Gasteiger partial charge in [0.15, 0.2) is 6.61 Å². The minimum Gasteiger partial charge on any atom is -0.494 e. The fourth-order valence-corrected chi connectivity index (χ4v) is 4.21. The van der Waals surface area contributed by atoms with E-state index in [2.05, 4.69) is 12.2 Å². The molecule has 200 valence electrons. The molecule has 0 heterocycles. The number of rotatable bonds is 21. The number of unbranched alkanes of at least 4 members (excludes halogenated alkanes) is 13. The number of carbonyl (C=O) groups excluding carboxylic acids is 1. The van der Waals surface area contributed by atoms with Gasteiger partial charge in [-0.15, -0.1) is 0 Å². The summed E-state index contributed by atoms with van der Waals surface area (Å²) in [6.07, 6.45) is 18.9. The fourth-order valence-electron chi connectivity index (χ4n) is 4.21. The Hall–Kier alpha value is -2.53. The van der Waals surface area contributed by atoms with E-state index in [4.69, 9.17) is 9.47 Å². The van der Waals surface area contributed by atoms with Crippen molar-refractivity contribution in [1.82, 2.24) is 0 Å². The summed E-state index contributed by atoms with van der Waals surface area (Å²) in [4.78, 5) is 12.1. The molecule has 0 fully saturated rings.